The maximum absolute atomic E-state index is 13.3. The van der Waals surface area contributed by atoms with Gasteiger partial charge in [-0.2, -0.15) is 0 Å². The van der Waals surface area contributed by atoms with Crippen molar-refractivity contribution in [1.29, 1.82) is 0 Å². The van der Waals surface area contributed by atoms with Gasteiger partial charge in [-0.05, 0) is 37.3 Å². The molecule has 2 bridgehead atoms. The lowest BCUT2D eigenvalue weighted by atomic mass is 9.81. The molecule has 2 saturated carbocycles. The number of para-hydroxylation sites is 1. The summed E-state index contributed by atoms with van der Waals surface area (Å²) in [4.78, 5) is 41.4. The molecule has 28 heavy (non-hydrogen) atoms. The molecule has 0 unspecified atom stereocenters. The number of hydrogen-bond donors (Lipinski definition) is 0. The smallest absolute Gasteiger partial charge is 0.283 e. The Hall–Kier alpha value is -1.67. The van der Waals surface area contributed by atoms with E-state index in [2.05, 4.69) is 31.9 Å². The Balaban J connectivity index is 1.63. The van der Waals surface area contributed by atoms with Gasteiger partial charge in [0, 0.05) is 16.7 Å². The quantitative estimate of drug-likeness (QED) is 0.463. The van der Waals surface area contributed by atoms with Crippen LogP contribution in [0.2, 0.25) is 0 Å². The zero-order valence-electron chi connectivity index (χ0n) is 15.4. The number of benzene rings is 1. The summed E-state index contributed by atoms with van der Waals surface area (Å²) in [6.07, 6.45) is 0.870. The third-order valence-electron chi connectivity index (χ3n) is 6.73. The Bertz CT molecular complexity index is 1030. The van der Waals surface area contributed by atoms with Crippen LogP contribution in [-0.2, 0) is 16.6 Å². The number of imide groups is 1. The molecule has 6 nitrogen and oxygen atoms in total. The molecule has 2 aliphatic carbocycles. The van der Waals surface area contributed by atoms with Crippen molar-refractivity contribution in [3.63, 3.8) is 0 Å². The van der Waals surface area contributed by atoms with Crippen LogP contribution >= 0.6 is 31.9 Å². The van der Waals surface area contributed by atoms with Crippen molar-refractivity contribution in [2.24, 2.45) is 30.7 Å². The van der Waals surface area contributed by atoms with Crippen LogP contribution in [-0.4, -0.2) is 30.8 Å². The fourth-order valence-corrected chi connectivity index (χ4v) is 7.25. The average molecular weight is 509 g/mol. The molecular formula is C20H19Br2N3O3. The first-order chi connectivity index (χ1) is 13.3. The van der Waals surface area contributed by atoms with E-state index in [1.807, 2.05) is 30.3 Å². The monoisotopic (exact) mass is 507 g/mol. The number of fused-ring (bicyclic) bond motifs is 5. The summed E-state index contributed by atoms with van der Waals surface area (Å²) in [5, 5.41) is 0. The number of rotatable bonds is 2. The number of carbonyl (C=O) groups excluding carboxylic acids is 2. The minimum Gasteiger partial charge on any atom is -0.283 e. The number of halogens is 2. The molecule has 146 valence electrons. The van der Waals surface area contributed by atoms with Crippen LogP contribution in [0.5, 0.6) is 0 Å². The van der Waals surface area contributed by atoms with E-state index in [1.165, 1.54) is 9.58 Å². The van der Waals surface area contributed by atoms with Crippen LogP contribution in [0.1, 0.15) is 12.1 Å². The molecule has 0 N–H and O–H groups in total. The summed E-state index contributed by atoms with van der Waals surface area (Å²) in [5.74, 6) is -0.864. The minimum atomic E-state index is -0.342. The molecule has 2 aromatic rings. The molecule has 0 radical (unpaired) electrons. The molecule has 1 saturated heterocycles. The van der Waals surface area contributed by atoms with Gasteiger partial charge >= 0.3 is 0 Å². The molecule has 0 spiro atoms. The van der Waals surface area contributed by atoms with Gasteiger partial charge in [-0.1, -0.05) is 50.1 Å². The van der Waals surface area contributed by atoms with Crippen LogP contribution < -0.4 is 10.5 Å². The van der Waals surface area contributed by atoms with Crippen molar-refractivity contribution in [3.05, 3.63) is 46.4 Å². The van der Waals surface area contributed by atoms with E-state index in [0.717, 1.165) is 6.42 Å². The van der Waals surface area contributed by atoms with E-state index in [-0.39, 0.29) is 56.4 Å². The van der Waals surface area contributed by atoms with E-state index < -0.39 is 0 Å². The Morgan fingerprint density at radius 2 is 1.46 bits per heavy atom. The summed E-state index contributed by atoms with van der Waals surface area (Å²) < 4.78 is 3.21. The molecule has 1 aromatic heterocycles. The molecule has 1 aliphatic heterocycles. The number of alkyl halides is 2. The fourth-order valence-electron chi connectivity index (χ4n) is 5.38. The molecular weight excluding hydrogens is 490 g/mol. The maximum Gasteiger partial charge on any atom is 0.296 e. The van der Waals surface area contributed by atoms with Crippen LogP contribution in [0.15, 0.2) is 35.1 Å². The van der Waals surface area contributed by atoms with Crippen molar-refractivity contribution in [1.82, 2.24) is 9.36 Å². The van der Waals surface area contributed by atoms with Gasteiger partial charge < -0.3 is 0 Å². The Morgan fingerprint density at radius 1 is 0.929 bits per heavy atom. The van der Waals surface area contributed by atoms with Crippen LogP contribution in [0.3, 0.4) is 0 Å². The lowest BCUT2D eigenvalue weighted by Crippen LogP contribution is -2.37. The number of anilines is 1. The van der Waals surface area contributed by atoms with Crippen molar-refractivity contribution in [2.45, 2.75) is 23.0 Å². The lowest BCUT2D eigenvalue weighted by Gasteiger charge is -2.28. The van der Waals surface area contributed by atoms with E-state index >= 15 is 0 Å². The molecule has 6 atom stereocenters. The molecule has 3 fully saturated rings. The highest BCUT2D eigenvalue weighted by molar-refractivity contribution is 9.12. The second kappa shape index (κ2) is 6.16. The number of nitrogens with zero attached hydrogens (tertiary/aromatic N) is 3. The first-order valence-electron chi connectivity index (χ1n) is 9.34. The second-order valence-electron chi connectivity index (χ2n) is 7.93. The first kappa shape index (κ1) is 18.4. The minimum absolute atomic E-state index is 0.126. The average Bonchev–Trinajstić information content (AvgIpc) is 3.34. The van der Waals surface area contributed by atoms with Gasteiger partial charge in [0.05, 0.1) is 23.2 Å². The van der Waals surface area contributed by atoms with E-state index in [1.54, 1.807) is 18.7 Å². The zero-order valence-corrected chi connectivity index (χ0v) is 18.6. The van der Waals surface area contributed by atoms with Gasteiger partial charge in [0.15, 0.2) is 0 Å². The SMILES string of the molecule is Cc1c(N2C(=O)[C@@H]3[C@H]4C[C@@H]([C@H](Br)[C@@H]4Br)[C@@H]3C2=O)c(=O)n(-c2ccccc2)n1C. The maximum atomic E-state index is 13.3. The number of hydrogen-bond acceptors (Lipinski definition) is 3. The third kappa shape index (κ3) is 2.16. The largest absolute Gasteiger partial charge is 0.296 e. The predicted octanol–water partition coefficient (Wildman–Crippen LogP) is 2.77. The zero-order chi connectivity index (χ0) is 19.9. The summed E-state index contributed by atoms with van der Waals surface area (Å²) >= 11 is 7.39. The van der Waals surface area contributed by atoms with Crippen LogP contribution in [0.25, 0.3) is 5.69 Å². The fraction of sp³-hybridized carbons (Fsp3) is 0.450. The summed E-state index contributed by atoms with van der Waals surface area (Å²) in [5.41, 5.74) is 1.15. The number of amides is 2. The Kier molecular flexibility index (Phi) is 4.04. The highest BCUT2D eigenvalue weighted by Gasteiger charge is 2.67. The summed E-state index contributed by atoms with van der Waals surface area (Å²) in [7, 11) is 1.77. The molecule has 2 heterocycles. The third-order valence-corrected chi connectivity index (χ3v) is 9.94. The van der Waals surface area contributed by atoms with Gasteiger partial charge in [-0.15, -0.1) is 0 Å². The summed E-state index contributed by atoms with van der Waals surface area (Å²) in [6.45, 7) is 1.78. The highest BCUT2D eigenvalue weighted by atomic mass is 79.9. The second-order valence-corrected chi connectivity index (χ2v) is 10.0. The molecule has 8 heteroatoms. The van der Waals surface area contributed by atoms with Crippen molar-refractivity contribution >= 4 is 49.4 Å². The van der Waals surface area contributed by atoms with Gasteiger partial charge in [-0.25, -0.2) is 9.58 Å². The van der Waals surface area contributed by atoms with Crippen molar-refractivity contribution in [3.8, 4) is 5.69 Å². The van der Waals surface area contributed by atoms with Crippen molar-refractivity contribution in [2.75, 3.05) is 4.90 Å². The molecule has 1 aromatic carbocycles. The normalized spacial score (nSPS) is 33.8. The predicted molar refractivity (Wildman–Crippen MR) is 112 cm³/mol. The van der Waals surface area contributed by atoms with E-state index in [4.69, 9.17) is 0 Å². The molecule has 5 rings (SSSR count). The van der Waals surface area contributed by atoms with Gasteiger partial charge in [0.1, 0.15) is 5.69 Å². The number of carbonyl (C=O) groups is 2. The van der Waals surface area contributed by atoms with E-state index in [0.29, 0.717) is 11.4 Å². The van der Waals surface area contributed by atoms with Gasteiger partial charge in [0.2, 0.25) is 11.8 Å². The van der Waals surface area contributed by atoms with Gasteiger partial charge in [-0.3, -0.25) is 19.1 Å². The molecule has 2 amide bonds. The topological polar surface area (TPSA) is 64.3 Å². The summed E-state index contributed by atoms with van der Waals surface area (Å²) in [6, 6.07) is 9.24. The van der Waals surface area contributed by atoms with Crippen molar-refractivity contribution < 1.29 is 9.59 Å². The Labute approximate surface area is 178 Å². The molecule has 3 aliphatic rings. The van der Waals surface area contributed by atoms with E-state index in [9.17, 15) is 14.4 Å². The lowest BCUT2D eigenvalue weighted by molar-refractivity contribution is -0.123. The number of aromatic nitrogens is 2. The van der Waals surface area contributed by atoms with Gasteiger partial charge in [0.25, 0.3) is 5.56 Å². The standard InChI is InChI=1S/C20H19Br2N3O3/c1-9-17(20(28)25(23(9)2)10-6-4-3-5-7-10)24-18(26)13-11-8-12(14(13)19(24)27)16(22)15(11)21/h3-7,11-16H,8H2,1-2H3/t11-,12-,13-,14+,15-,16+/m1/s1. The van der Waals surface area contributed by atoms with Crippen LogP contribution in [0, 0.1) is 30.6 Å². The van der Waals surface area contributed by atoms with Crippen LogP contribution in [0.4, 0.5) is 5.69 Å². The highest BCUT2D eigenvalue weighted by Crippen LogP contribution is 2.60. The first-order valence-corrected chi connectivity index (χ1v) is 11.2. The Morgan fingerprint density at radius 3 is 2.00 bits per heavy atom.